The van der Waals surface area contributed by atoms with Crippen molar-refractivity contribution in [3.05, 3.63) is 0 Å². The van der Waals surface area contributed by atoms with Crippen LogP contribution in [0.5, 0.6) is 0 Å². The summed E-state index contributed by atoms with van der Waals surface area (Å²) >= 11 is 5.31. The van der Waals surface area contributed by atoms with E-state index in [1.807, 2.05) is 0 Å². The van der Waals surface area contributed by atoms with Gasteiger partial charge in [-0.1, -0.05) is 27.2 Å². The summed E-state index contributed by atoms with van der Waals surface area (Å²) in [5.74, 6) is 0.715. The lowest BCUT2D eigenvalue weighted by molar-refractivity contribution is 0.213. The van der Waals surface area contributed by atoms with Crippen molar-refractivity contribution in [1.29, 1.82) is 0 Å². The van der Waals surface area contributed by atoms with Crippen LogP contribution in [-0.2, 0) is 0 Å². The van der Waals surface area contributed by atoms with Crippen molar-refractivity contribution in [3.8, 4) is 0 Å². The average molecular weight is 229 g/mol. The molecule has 0 amide bonds. The lowest BCUT2D eigenvalue weighted by Gasteiger charge is -2.25. The van der Waals surface area contributed by atoms with Crippen molar-refractivity contribution in [1.82, 2.24) is 15.8 Å². The quantitative estimate of drug-likeness (QED) is 0.707. The van der Waals surface area contributed by atoms with Crippen molar-refractivity contribution in [2.75, 3.05) is 6.54 Å². The highest BCUT2D eigenvalue weighted by atomic mass is 32.1. The maximum atomic E-state index is 5.31. The molecule has 0 aromatic heterocycles. The molecule has 1 rings (SSSR count). The fraction of sp³-hybridized carbons (Fsp3) is 0.909. The second kappa shape index (κ2) is 5.12. The van der Waals surface area contributed by atoms with Gasteiger partial charge in [-0.05, 0) is 37.9 Å². The summed E-state index contributed by atoms with van der Waals surface area (Å²) < 4.78 is 0. The van der Waals surface area contributed by atoms with Gasteiger partial charge in [-0.2, -0.15) is 0 Å². The Hall–Kier alpha value is -0.350. The van der Waals surface area contributed by atoms with Gasteiger partial charge in [0.2, 0.25) is 0 Å². The fourth-order valence-electron chi connectivity index (χ4n) is 1.84. The second-order valence-electron chi connectivity index (χ2n) is 4.96. The van der Waals surface area contributed by atoms with Crippen LogP contribution in [0.15, 0.2) is 0 Å². The van der Waals surface area contributed by atoms with Crippen molar-refractivity contribution in [2.24, 2.45) is 5.92 Å². The second-order valence-corrected chi connectivity index (χ2v) is 5.34. The predicted molar refractivity (Wildman–Crippen MR) is 68.3 cm³/mol. The van der Waals surface area contributed by atoms with Gasteiger partial charge >= 0.3 is 0 Å². The first-order valence-electron chi connectivity index (χ1n) is 5.84. The van der Waals surface area contributed by atoms with Crippen LogP contribution < -0.4 is 10.7 Å². The molecular weight excluding hydrogens is 206 g/mol. The van der Waals surface area contributed by atoms with Crippen LogP contribution in [0, 0.1) is 5.92 Å². The number of hydrogen-bond acceptors (Lipinski definition) is 2. The molecule has 0 unspecified atom stereocenters. The molecular formula is C11H23N3S. The molecule has 0 aromatic rings. The molecule has 0 spiro atoms. The lowest BCUT2D eigenvalue weighted by atomic mass is 10.1. The van der Waals surface area contributed by atoms with Gasteiger partial charge in [0.1, 0.15) is 5.66 Å². The number of thiocarbonyl (C=S) groups is 1. The molecule has 15 heavy (non-hydrogen) atoms. The Morgan fingerprint density at radius 1 is 1.47 bits per heavy atom. The average Bonchev–Trinajstić information content (AvgIpc) is 2.38. The molecule has 0 bridgehead atoms. The molecule has 88 valence electrons. The number of nitrogens with zero attached hydrogens (tertiary/aromatic N) is 1. The SMILES string of the molecule is CCC[C@]1(C)NC(=S)N(CCC(C)C)N1. The maximum absolute atomic E-state index is 5.31. The van der Waals surface area contributed by atoms with Gasteiger partial charge < -0.3 is 5.32 Å². The Kier molecular flexibility index (Phi) is 4.34. The van der Waals surface area contributed by atoms with Crippen molar-refractivity contribution < 1.29 is 0 Å². The van der Waals surface area contributed by atoms with Crippen LogP contribution in [-0.4, -0.2) is 22.3 Å². The van der Waals surface area contributed by atoms with E-state index in [0.29, 0.717) is 5.92 Å². The van der Waals surface area contributed by atoms with Crippen LogP contribution in [0.25, 0.3) is 0 Å². The highest BCUT2D eigenvalue weighted by Gasteiger charge is 2.34. The Morgan fingerprint density at radius 3 is 2.67 bits per heavy atom. The van der Waals surface area contributed by atoms with E-state index in [0.717, 1.165) is 30.9 Å². The molecule has 2 N–H and O–H groups in total. The van der Waals surface area contributed by atoms with E-state index in [-0.39, 0.29) is 5.66 Å². The third kappa shape index (κ3) is 3.61. The molecule has 3 nitrogen and oxygen atoms in total. The zero-order chi connectivity index (χ0) is 11.5. The molecule has 1 aliphatic heterocycles. The molecule has 1 atom stereocenters. The van der Waals surface area contributed by atoms with Crippen LogP contribution in [0.1, 0.15) is 47.0 Å². The highest BCUT2D eigenvalue weighted by Crippen LogP contribution is 2.16. The minimum atomic E-state index is -0.0389. The lowest BCUT2D eigenvalue weighted by Crippen LogP contribution is -2.48. The standard InChI is InChI=1S/C11H23N3S/c1-5-7-11(4)12-10(15)14(13-11)8-6-9(2)3/h9,13H,5-8H2,1-4H3,(H,12,15)/t11-/m1/s1. The van der Waals surface area contributed by atoms with Crippen LogP contribution in [0.3, 0.4) is 0 Å². The molecule has 1 aliphatic rings. The van der Waals surface area contributed by atoms with Crippen molar-refractivity contribution in [2.45, 2.75) is 52.6 Å². The van der Waals surface area contributed by atoms with E-state index < -0.39 is 0 Å². The van der Waals surface area contributed by atoms with Crippen molar-refractivity contribution >= 4 is 17.3 Å². The van der Waals surface area contributed by atoms with Gasteiger partial charge in [0, 0.05) is 6.54 Å². The minimum Gasteiger partial charge on any atom is -0.342 e. The van der Waals surface area contributed by atoms with Gasteiger partial charge in [-0.3, -0.25) is 5.01 Å². The van der Waals surface area contributed by atoms with Gasteiger partial charge in [0.15, 0.2) is 5.11 Å². The van der Waals surface area contributed by atoms with Crippen LogP contribution in [0.2, 0.25) is 0 Å². The fourth-order valence-corrected chi connectivity index (χ4v) is 2.21. The number of hydrazine groups is 1. The third-order valence-corrected chi connectivity index (χ3v) is 3.01. The molecule has 0 aromatic carbocycles. The largest absolute Gasteiger partial charge is 0.342 e. The molecule has 0 radical (unpaired) electrons. The summed E-state index contributed by atoms with van der Waals surface area (Å²) in [4.78, 5) is 0. The summed E-state index contributed by atoms with van der Waals surface area (Å²) in [6, 6.07) is 0. The third-order valence-electron chi connectivity index (χ3n) is 2.69. The first-order chi connectivity index (χ1) is 6.97. The Labute approximate surface area is 98.6 Å². The minimum absolute atomic E-state index is 0.0389. The van der Waals surface area contributed by atoms with Gasteiger partial charge in [-0.25, -0.2) is 5.43 Å². The summed E-state index contributed by atoms with van der Waals surface area (Å²) in [5, 5.41) is 6.27. The summed E-state index contributed by atoms with van der Waals surface area (Å²) in [7, 11) is 0. The molecule has 0 saturated carbocycles. The van der Waals surface area contributed by atoms with Gasteiger partial charge in [-0.15, -0.1) is 0 Å². The first-order valence-corrected chi connectivity index (χ1v) is 6.25. The summed E-state index contributed by atoms with van der Waals surface area (Å²) in [6.07, 6.45) is 3.40. The van der Waals surface area contributed by atoms with Crippen LogP contribution in [0.4, 0.5) is 0 Å². The Morgan fingerprint density at radius 2 is 2.13 bits per heavy atom. The number of nitrogens with one attached hydrogen (secondary N) is 2. The van der Waals surface area contributed by atoms with E-state index in [9.17, 15) is 0 Å². The number of rotatable bonds is 5. The topological polar surface area (TPSA) is 27.3 Å². The monoisotopic (exact) mass is 229 g/mol. The van der Waals surface area contributed by atoms with E-state index >= 15 is 0 Å². The van der Waals surface area contributed by atoms with E-state index in [1.54, 1.807) is 0 Å². The highest BCUT2D eigenvalue weighted by molar-refractivity contribution is 7.80. The van der Waals surface area contributed by atoms with Gasteiger partial charge in [0.05, 0.1) is 0 Å². The molecule has 1 saturated heterocycles. The molecule has 4 heteroatoms. The smallest absolute Gasteiger partial charge is 0.185 e. The van der Waals surface area contributed by atoms with Gasteiger partial charge in [0.25, 0.3) is 0 Å². The maximum Gasteiger partial charge on any atom is 0.185 e. The van der Waals surface area contributed by atoms with E-state index in [1.165, 1.54) is 0 Å². The first kappa shape index (κ1) is 12.7. The zero-order valence-corrected chi connectivity index (χ0v) is 11.1. The molecule has 1 heterocycles. The normalized spacial score (nSPS) is 26.2. The Bertz CT molecular complexity index is 230. The number of hydrogen-bond donors (Lipinski definition) is 2. The van der Waals surface area contributed by atoms with Crippen molar-refractivity contribution in [3.63, 3.8) is 0 Å². The summed E-state index contributed by atoms with van der Waals surface area (Å²) in [5.41, 5.74) is 3.42. The molecule has 1 fully saturated rings. The summed E-state index contributed by atoms with van der Waals surface area (Å²) in [6.45, 7) is 9.81. The molecule has 0 aliphatic carbocycles. The van der Waals surface area contributed by atoms with Crippen LogP contribution >= 0.6 is 12.2 Å². The Balaban J connectivity index is 2.45. The zero-order valence-electron chi connectivity index (χ0n) is 10.3. The van der Waals surface area contributed by atoms with E-state index in [2.05, 4.69) is 43.4 Å². The van der Waals surface area contributed by atoms with E-state index in [4.69, 9.17) is 12.2 Å². The predicted octanol–water partition coefficient (Wildman–Crippen LogP) is 2.24.